The first-order valence-corrected chi connectivity index (χ1v) is 11.8. The fourth-order valence-corrected chi connectivity index (χ4v) is 5.06. The van der Waals surface area contributed by atoms with Crippen LogP contribution in [-0.2, 0) is 19.1 Å². The Balaban J connectivity index is 1.34. The van der Waals surface area contributed by atoms with Crippen molar-refractivity contribution in [1.29, 1.82) is 0 Å². The molecule has 1 aromatic carbocycles. The van der Waals surface area contributed by atoms with E-state index < -0.39 is 0 Å². The molecule has 2 aromatic rings. The van der Waals surface area contributed by atoms with Gasteiger partial charge in [0.15, 0.2) is 0 Å². The van der Waals surface area contributed by atoms with Crippen molar-refractivity contribution in [3.8, 4) is 11.4 Å². The monoisotopic (exact) mass is 454 g/mol. The molecular formula is C24H30N4O5. The number of morpholine rings is 1. The highest BCUT2D eigenvalue weighted by Crippen LogP contribution is 2.40. The first-order chi connectivity index (χ1) is 16.2. The summed E-state index contributed by atoms with van der Waals surface area (Å²) in [5.74, 6) is 0.681. The Kier molecular flexibility index (Phi) is 6.68. The molecule has 3 atom stereocenters. The minimum atomic E-state index is -0.223. The van der Waals surface area contributed by atoms with Gasteiger partial charge in [-0.1, -0.05) is 35.5 Å². The molecule has 1 aliphatic carbocycles. The second-order valence-corrected chi connectivity index (χ2v) is 9.04. The number of nitrogens with one attached hydrogen (secondary N) is 1. The van der Waals surface area contributed by atoms with Gasteiger partial charge in [-0.3, -0.25) is 9.59 Å². The van der Waals surface area contributed by atoms with Crippen LogP contribution in [0.15, 0.2) is 34.9 Å². The highest BCUT2D eigenvalue weighted by Gasteiger charge is 2.44. The van der Waals surface area contributed by atoms with Crippen LogP contribution < -0.4 is 5.32 Å². The summed E-state index contributed by atoms with van der Waals surface area (Å²) in [6, 6.07) is 9.42. The van der Waals surface area contributed by atoms with Crippen LogP contribution in [0.25, 0.3) is 11.4 Å². The Bertz CT molecular complexity index is 953. The Morgan fingerprint density at radius 3 is 2.42 bits per heavy atom. The zero-order chi connectivity index (χ0) is 22.6. The number of amides is 2. The van der Waals surface area contributed by atoms with Crippen LogP contribution in [0.3, 0.4) is 0 Å². The maximum Gasteiger partial charge on any atom is 0.232 e. The third-order valence-electron chi connectivity index (χ3n) is 6.95. The van der Waals surface area contributed by atoms with E-state index in [-0.39, 0.29) is 35.6 Å². The maximum absolute atomic E-state index is 13.2. The predicted molar refractivity (Wildman–Crippen MR) is 118 cm³/mol. The lowest BCUT2D eigenvalue weighted by atomic mass is 9.97. The third-order valence-corrected chi connectivity index (χ3v) is 6.95. The van der Waals surface area contributed by atoms with Gasteiger partial charge >= 0.3 is 0 Å². The van der Waals surface area contributed by atoms with E-state index in [0.717, 1.165) is 18.4 Å². The van der Waals surface area contributed by atoms with E-state index in [0.29, 0.717) is 64.1 Å². The molecule has 33 heavy (non-hydrogen) atoms. The first kappa shape index (κ1) is 22.0. The van der Waals surface area contributed by atoms with Crippen molar-refractivity contribution in [3.05, 3.63) is 36.2 Å². The summed E-state index contributed by atoms with van der Waals surface area (Å²) < 4.78 is 16.4. The first-order valence-electron chi connectivity index (χ1n) is 11.8. The summed E-state index contributed by atoms with van der Waals surface area (Å²) in [4.78, 5) is 32.7. The molecule has 0 unspecified atom stereocenters. The number of hydrogen-bond donors (Lipinski definition) is 1. The Labute approximate surface area is 192 Å². The van der Waals surface area contributed by atoms with Gasteiger partial charge in [-0.2, -0.15) is 4.98 Å². The van der Waals surface area contributed by atoms with E-state index in [1.54, 1.807) is 0 Å². The van der Waals surface area contributed by atoms with Crippen LogP contribution in [0.4, 0.5) is 0 Å². The second kappa shape index (κ2) is 10.0. The van der Waals surface area contributed by atoms with Crippen LogP contribution in [0.2, 0.25) is 0 Å². The van der Waals surface area contributed by atoms with E-state index in [1.165, 1.54) is 0 Å². The zero-order valence-electron chi connectivity index (χ0n) is 18.7. The summed E-state index contributed by atoms with van der Waals surface area (Å²) in [7, 11) is 0. The van der Waals surface area contributed by atoms with E-state index in [4.69, 9.17) is 14.0 Å². The lowest BCUT2D eigenvalue weighted by Gasteiger charge is -2.29. The van der Waals surface area contributed by atoms with E-state index in [9.17, 15) is 9.59 Å². The van der Waals surface area contributed by atoms with Crippen molar-refractivity contribution in [3.63, 3.8) is 0 Å². The van der Waals surface area contributed by atoms with Crippen molar-refractivity contribution < 1.29 is 23.6 Å². The smallest absolute Gasteiger partial charge is 0.232 e. The fourth-order valence-electron chi connectivity index (χ4n) is 5.06. The van der Waals surface area contributed by atoms with Gasteiger partial charge in [0.1, 0.15) is 0 Å². The maximum atomic E-state index is 13.2. The lowest BCUT2D eigenvalue weighted by molar-refractivity contribution is -0.139. The van der Waals surface area contributed by atoms with Gasteiger partial charge in [0.05, 0.1) is 19.1 Å². The highest BCUT2D eigenvalue weighted by atomic mass is 16.5. The number of benzene rings is 1. The van der Waals surface area contributed by atoms with Gasteiger partial charge < -0.3 is 24.2 Å². The molecule has 3 fully saturated rings. The number of nitrogens with zero attached hydrogens (tertiary/aromatic N) is 3. The van der Waals surface area contributed by atoms with E-state index in [2.05, 4.69) is 15.5 Å². The normalized spacial score (nSPS) is 26.3. The van der Waals surface area contributed by atoms with Gasteiger partial charge in [0, 0.05) is 49.7 Å². The van der Waals surface area contributed by atoms with Gasteiger partial charge in [-0.05, 0) is 25.7 Å². The molecular weight excluding hydrogens is 424 g/mol. The van der Waals surface area contributed by atoms with E-state index >= 15 is 0 Å². The quantitative estimate of drug-likeness (QED) is 0.736. The fraction of sp³-hybridized carbons (Fsp3) is 0.583. The van der Waals surface area contributed by atoms with Crippen LogP contribution in [0, 0.1) is 11.8 Å². The molecule has 1 aromatic heterocycles. The average Bonchev–Trinajstić information content (AvgIpc) is 3.53. The molecule has 9 heteroatoms. The molecule has 2 amide bonds. The number of aromatic nitrogens is 2. The number of ether oxygens (including phenoxy) is 2. The van der Waals surface area contributed by atoms with Crippen molar-refractivity contribution >= 4 is 11.8 Å². The summed E-state index contributed by atoms with van der Waals surface area (Å²) >= 11 is 0. The molecule has 9 nitrogen and oxygen atoms in total. The molecule has 0 radical (unpaired) electrons. The van der Waals surface area contributed by atoms with Crippen molar-refractivity contribution in [1.82, 2.24) is 20.4 Å². The summed E-state index contributed by atoms with van der Waals surface area (Å²) in [6.07, 6.45) is 2.58. The highest BCUT2D eigenvalue weighted by molar-refractivity contribution is 5.81. The van der Waals surface area contributed by atoms with Crippen molar-refractivity contribution in [2.75, 3.05) is 39.5 Å². The second-order valence-electron chi connectivity index (χ2n) is 9.04. The Hall–Kier alpha value is -2.78. The molecule has 176 valence electrons. The number of hydrogen-bond acceptors (Lipinski definition) is 7. The molecule has 0 spiro atoms. The molecule has 5 rings (SSSR count). The molecule has 1 saturated carbocycles. The Morgan fingerprint density at radius 2 is 1.67 bits per heavy atom. The number of rotatable bonds is 5. The molecule has 1 N–H and O–H groups in total. The van der Waals surface area contributed by atoms with Gasteiger partial charge in [0.25, 0.3) is 0 Å². The predicted octanol–water partition coefficient (Wildman–Crippen LogP) is 2.00. The third kappa shape index (κ3) is 4.94. The van der Waals surface area contributed by atoms with Gasteiger partial charge in [-0.15, -0.1) is 0 Å². The topological polar surface area (TPSA) is 107 Å². The minimum Gasteiger partial charge on any atom is -0.381 e. The molecule has 2 saturated heterocycles. The SMILES string of the molecule is O=C(N[C@H]1C[C@H](C(=O)N2CCOCC2)C[C@H]1c1nc(-c2ccccc2)no1)C1CCOCC1. The molecule has 2 aliphatic heterocycles. The standard InChI is InChI=1S/C24H30N4O5/c29-22(17-6-10-31-11-7-17)25-20-15-18(24(30)28-8-12-32-13-9-28)14-19(20)23-26-21(27-33-23)16-4-2-1-3-5-16/h1-5,17-20H,6-15H2,(H,25,29)/t18-,19-,20+/m1/s1. The lowest BCUT2D eigenvalue weighted by Crippen LogP contribution is -2.44. The summed E-state index contributed by atoms with van der Waals surface area (Å²) in [6.45, 7) is 3.56. The molecule has 3 heterocycles. The van der Waals surface area contributed by atoms with E-state index in [1.807, 2.05) is 35.2 Å². The molecule has 0 bridgehead atoms. The van der Waals surface area contributed by atoms with Gasteiger partial charge in [-0.25, -0.2) is 0 Å². The van der Waals surface area contributed by atoms with Crippen LogP contribution >= 0.6 is 0 Å². The number of carbonyl (C=O) groups excluding carboxylic acids is 2. The zero-order valence-corrected chi connectivity index (χ0v) is 18.7. The van der Waals surface area contributed by atoms with Crippen LogP contribution in [-0.4, -0.2) is 72.4 Å². The van der Waals surface area contributed by atoms with Crippen molar-refractivity contribution in [2.24, 2.45) is 11.8 Å². The minimum absolute atomic E-state index is 0.0237. The van der Waals surface area contributed by atoms with Gasteiger partial charge in [0.2, 0.25) is 23.5 Å². The number of carbonyl (C=O) groups is 2. The molecule has 3 aliphatic rings. The summed E-state index contributed by atoms with van der Waals surface area (Å²) in [5.41, 5.74) is 0.870. The summed E-state index contributed by atoms with van der Waals surface area (Å²) in [5, 5.41) is 7.38. The van der Waals surface area contributed by atoms with Crippen LogP contribution in [0.1, 0.15) is 37.5 Å². The Morgan fingerprint density at radius 1 is 0.939 bits per heavy atom. The average molecular weight is 455 g/mol. The van der Waals surface area contributed by atoms with Crippen molar-refractivity contribution in [2.45, 2.75) is 37.6 Å². The van der Waals surface area contributed by atoms with Crippen LogP contribution in [0.5, 0.6) is 0 Å². The largest absolute Gasteiger partial charge is 0.381 e.